The smallest absolute Gasteiger partial charge is 0.315 e. The predicted octanol–water partition coefficient (Wildman–Crippen LogP) is -0.402. The topological polar surface area (TPSA) is 90.5 Å². The molecule has 8 nitrogen and oxygen atoms in total. The molecule has 2 aromatic heterocycles. The van der Waals surface area contributed by atoms with Crippen LogP contribution < -0.4 is 15.6 Å². The molecule has 0 unspecified atom stereocenters. The van der Waals surface area contributed by atoms with Crippen molar-refractivity contribution in [2.45, 2.75) is 26.3 Å². The molecule has 0 atom stereocenters. The lowest BCUT2D eigenvalue weighted by Gasteiger charge is -2.06. The summed E-state index contributed by atoms with van der Waals surface area (Å²) in [7, 11) is 2.95. The fraction of sp³-hybridized carbons (Fsp3) is 0.500. The van der Waals surface area contributed by atoms with Crippen LogP contribution in [0, 0.1) is 0 Å². The minimum Gasteiger partial charge on any atom is -0.467 e. The summed E-state index contributed by atoms with van der Waals surface area (Å²) in [5.41, 5.74) is 0.405. The van der Waals surface area contributed by atoms with E-state index in [0.29, 0.717) is 12.1 Å². The Balaban J connectivity index is 2.61. The highest BCUT2D eigenvalue weighted by atomic mass is 16.5. The van der Waals surface area contributed by atoms with Crippen LogP contribution in [0.15, 0.2) is 10.9 Å². The van der Waals surface area contributed by atoms with Crippen LogP contribution in [0.5, 0.6) is 6.01 Å². The molecule has 0 aliphatic carbocycles. The Labute approximate surface area is 115 Å². The highest BCUT2D eigenvalue weighted by molar-refractivity contribution is 5.75. The molecule has 2 heterocycles. The number of nitrogens with zero attached hydrogens (tertiary/aromatic N) is 4. The lowest BCUT2D eigenvalue weighted by Crippen LogP contribution is -2.29. The van der Waals surface area contributed by atoms with Crippen LogP contribution in [-0.2, 0) is 17.8 Å². The summed E-state index contributed by atoms with van der Waals surface area (Å²) in [6.45, 7) is 1.94. The third kappa shape index (κ3) is 2.49. The van der Waals surface area contributed by atoms with Crippen LogP contribution in [0.4, 0.5) is 0 Å². The van der Waals surface area contributed by atoms with Gasteiger partial charge in [0.05, 0.1) is 12.8 Å². The van der Waals surface area contributed by atoms with E-state index < -0.39 is 0 Å². The molecule has 0 aliphatic rings. The van der Waals surface area contributed by atoms with Gasteiger partial charge in [0.2, 0.25) is 5.91 Å². The van der Waals surface area contributed by atoms with Gasteiger partial charge in [-0.15, -0.1) is 0 Å². The first kappa shape index (κ1) is 14.0. The van der Waals surface area contributed by atoms with Gasteiger partial charge in [-0.2, -0.15) is 9.50 Å². The maximum Gasteiger partial charge on any atom is 0.315 e. The number of hydrogen-bond donors (Lipinski definition) is 1. The normalized spacial score (nSPS) is 10.8. The van der Waals surface area contributed by atoms with Crippen molar-refractivity contribution in [1.29, 1.82) is 0 Å². The second-order valence-electron chi connectivity index (χ2n) is 4.28. The number of amides is 1. The Bertz CT molecular complexity index is 688. The molecule has 20 heavy (non-hydrogen) atoms. The third-order valence-electron chi connectivity index (χ3n) is 2.85. The summed E-state index contributed by atoms with van der Waals surface area (Å²) < 4.78 is 7.71. The van der Waals surface area contributed by atoms with E-state index in [1.807, 2.05) is 6.92 Å². The van der Waals surface area contributed by atoms with Crippen molar-refractivity contribution in [3.63, 3.8) is 0 Å². The molecule has 0 saturated carbocycles. The number of ether oxygens (including phenoxy) is 1. The molecule has 0 saturated heterocycles. The molecule has 2 aromatic rings. The van der Waals surface area contributed by atoms with Gasteiger partial charge in [0.25, 0.3) is 11.3 Å². The largest absolute Gasteiger partial charge is 0.467 e. The molecule has 0 radical (unpaired) electrons. The van der Waals surface area contributed by atoms with E-state index in [1.54, 1.807) is 0 Å². The molecular formula is C12H17N5O3. The van der Waals surface area contributed by atoms with Crippen LogP contribution in [0.3, 0.4) is 0 Å². The van der Waals surface area contributed by atoms with Gasteiger partial charge in [0.15, 0.2) is 0 Å². The Morgan fingerprint density at radius 1 is 1.45 bits per heavy atom. The van der Waals surface area contributed by atoms with Gasteiger partial charge in [-0.25, -0.2) is 9.67 Å². The number of aryl methyl sites for hydroxylation is 1. The molecule has 0 bridgehead atoms. The van der Waals surface area contributed by atoms with Crippen LogP contribution in [0.2, 0.25) is 0 Å². The Kier molecular flexibility index (Phi) is 4.02. The number of likely N-dealkylation sites (N-methyl/N-ethyl adjacent to an activating group) is 1. The zero-order valence-corrected chi connectivity index (χ0v) is 11.7. The van der Waals surface area contributed by atoms with E-state index in [-0.39, 0.29) is 29.8 Å². The molecular weight excluding hydrogens is 262 g/mol. The number of nitrogens with one attached hydrogen (secondary N) is 1. The average Bonchev–Trinajstić information content (AvgIpc) is 2.77. The molecule has 2 rings (SSSR count). The molecule has 0 aromatic carbocycles. The zero-order valence-electron chi connectivity index (χ0n) is 11.7. The van der Waals surface area contributed by atoms with Crippen LogP contribution in [-0.4, -0.2) is 39.2 Å². The van der Waals surface area contributed by atoms with Crippen LogP contribution in [0.1, 0.15) is 19.0 Å². The van der Waals surface area contributed by atoms with Crippen molar-refractivity contribution in [2.75, 3.05) is 14.2 Å². The summed E-state index contributed by atoms with van der Waals surface area (Å²) in [6, 6.07) is 1.63. The van der Waals surface area contributed by atoms with E-state index in [0.717, 1.165) is 6.42 Å². The number of rotatable bonds is 5. The molecule has 1 amide bonds. The summed E-state index contributed by atoms with van der Waals surface area (Å²) in [4.78, 5) is 32.1. The Morgan fingerprint density at radius 2 is 2.20 bits per heavy atom. The number of carbonyl (C=O) groups is 1. The summed E-state index contributed by atoms with van der Waals surface area (Å²) in [6.07, 6.45) is 1.59. The van der Waals surface area contributed by atoms with Gasteiger partial charge < -0.3 is 10.1 Å². The van der Waals surface area contributed by atoms with Crippen molar-refractivity contribution in [3.8, 4) is 6.01 Å². The van der Waals surface area contributed by atoms with Crippen LogP contribution >= 0.6 is 0 Å². The van der Waals surface area contributed by atoms with Crippen molar-refractivity contribution in [1.82, 2.24) is 24.5 Å². The van der Waals surface area contributed by atoms with Crippen molar-refractivity contribution >= 4 is 11.7 Å². The van der Waals surface area contributed by atoms with Gasteiger partial charge in [0, 0.05) is 13.1 Å². The number of carbonyl (C=O) groups excluding carboxylic acids is 1. The van der Waals surface area contributed by atoms with E-state index >= 15 is 0 Å². The minimum atomic E-state index is -0.279. The van der Waals surface area contributed by atoms with Crippen LogP contribution in [0.25, 0.3) is 5.78 Å². The van der Waals surface area contributed by atoms with Gasteiger partial charge in [-0.05, 0) is 6.42 Å². The number of hydrogen-bond acceptors (Lipinski definition) is 5. The fourth-order valence-electron chi connectivity index (χ4n) is 1.93. The first-order valence-electron chi connectivity index (χ1n) is 6.34. The maximum absolute atomic E-state index is 12.2. The van der Waals surface area contributed by atoms with Gasteiger partial charge in [-0.3, -0.25) is 9.59 Å². The summed E-state index contributed by atoms with van der Waals surface area (Å²) in [5.74, 6) is -0.0196. The molecule has 0 spiro atoms. The molecule has 108 valence electrons. The summed E-state index contributed by atoms with van der Waals surface area (Å²) >= 11 is 0. The van der Waals surface area contributed by atoms with E-state index in [1.165, 1.54) is 29.4 Å². The van der Waals surface area contributed by atoms with Gasteiger partial charge in [0.1, 0.15) is 6.54 Å². The van der Waals surface area contributed by atoms with Gasteiger partial charge >= 0.3 is 6.01 Å². The van der Waals surface area contributed by atoms with E-state index in [2.05, 4.69) is 15.3 Å². The SMILES string of the molecule is CCCc1cc(=O)n2c(n1)nc(OC)n2CC(=O)NC. The minimum absolute atomic E-state index is 0.0646. The summed E-state index contributed by atoms with van der Waals surface area (Å²) in [5, 5.41) is 2.49. The lowest BCUT2D eigenvalue weighted by atomic mass is 10.2. The van der Waals surface area contributed by atoms with Gasteiger partial charge in [-0.1, -0.05) is 13.3 Å². The maximum atomic E-state index is 12.2. The number of aromatic nitrogens is 4. The predicted molar refractivity (Wildman–Crippen MR) is 71.9 cm³/mol. The fourth-order valence-corrected chi connectivity index (χ4v) is 1.93. The number of methoxy groups -OCH3 is 1. The Morgan fingerprint density at radius 3 is 2.80 bits per heavy atom. The molecule has 1 N–H and O–H groups in total. The Hall–Kier alpha value is -2.38. The highest BCUT2D eigenvalue weighted by Crippen LogP contribution is 2.10. The average molecular weight is 279 g/mol. The number of fused-ring (bicyclic) bond motifs is 1. The molecule has 8 heteroatoms. The first-order valence-corrected chi connectivity index (χ1v) is 6.34. The monoisotopic (exact) mass is 279 g/mol. The van der Waals surface area contributed by atoms with Crippen molar-refractivity contribution in [2.24, 2.45) is 0 Å². The third-order valence-corrected chi connectivity index (χ3v) is 2.85. The van der Waals surface area contributed by atoms with Crippen molar-refractivity contribution < 1.29 is 9.53 Å². The lowest BCUT2D eigenvalue weighted by molar-refractivity contribution is -0.121. The first-order chi connectivity index (χ1) is 9.60. The standard InChI is InChI=1S/C12H17N5O3/c1-4-5-8-6-10(19)17-11(14-8)15-12(20-3)16(17)7-9(18)13-2/h6H,4-5,7H2,1-3H3,(H,13,18). The molecule has 0 fully saturated rings. The van der Waals surface area contributed by atoms with E-state index in [4.69, 9.17) is 4.74 Å². The van der Waals surface area contributed by atoms with Crippen molar-refractivity contribution in [3.05, 3.63) is 22.1 Å². The quantitative estimate of drug-likeness (QED) is 0.804. The molecule has 0 aliphatic heterocycles. The highest BCUT2D eigenvalue weighted by Gasteiger charge is 2.16. The van der Waals surface area contributed by atoms with E-state index in [9.17, 15) is 9.59 Å². The second-order valence-corrected chi connectivity index (χ2v) is 4.28. The second kappa shape index (κ2) is 5.72. The zero-order chi connectivity index (χ0) is 14.7.